The van der Waals surface area contributed by atoms with Crippen LogP contribution in [0.25, 0.3) is 55.5 Å². The van der Waals surface area contributed by atoms with Crippen LogP contribution >= 0.6 is 0 Å². The van der Waals surface area contributed by atoms with Crippen molar-refractivity contribution in [2.75, 3.05) is 0 Å². The second-order valence-electron chi connectivity index (χ2n) is 12.3. The number of H-pyrrole nitrogens is 2. The molecular formula is C36H44N8. The van der Waals surface area contributed by atoms with Crippen molar-refractivity contribution in [1.82, 2.24) is 29.9 Å². The number of aryl methyl sites for hydroxylation is 2. The van der Waals surface area contributed by atoms with Gasteiger partial charge in [-0.05, 0) is 85.0 Å². The first kappa shape index (κ1) is 29.9. The lowest BCUT2D eigenvalue weighted by Gasteiger charge is -2.13. The fourth-order valence-electron chi connectivity index (χ4n) is 6.00. The summed E-state index contributed by atoms with van der Waals surface area (Å²) in [6, 6.07) is 19.4. The molecule has 6 aromatic rings. The second-order valence-corrected chi connectivity index (χ2v) is 12.3. The second kappa shape index (κ2) is 12.5. The van der Waals surface area contributed by atoms with Gasteiger partial charge in [0.15, 0.2) is 0 Å². The molecule has 7 rings (SSSR count). The van der Waals surface area contributed by atoms with Crippen LogP contribution in [0.1, 0.15) is 59.1 Å². The molecule has 1 aliphatic carbocycles. The number of aromatic amines is 2. The maximum absolute atomic E-state index is 6.11. The molecule has 1 aliphatic rings. The fraction of sp³-hybridized carbons (Fsp3) is 0.389. The molecule has 0 bridgehead atoms. The number of benzene rings is 3. The van der Waals surface area contributed by atoms with Crippen LogP contribution in [0.3, 0.4) is 0 Å². The quantitative estimate of drug-likeness (QED) is 0.141. The van der Waals surface area contributed by atoms with Crippen LogP contribution in [0.4, 0.5) is 0 Å². The number of imidazole rings is 2. The number of rotatable bonds is 9. The molecule has 3 unspecified atom stereocenters. The molecular weight excluding hydrogens is 544 g/mol. The predicted molar refractivity (Wildman–Crippen MR) is 181 cm³/mol. The monoisotopic (exact) mass is 588 g/mol. The molecule has 3 heterocycles. The van der Waals surface area contributed by atoms with Gasteiger partial charge >= 0.3 is 0 Å². The van der Waals surface area contributed by atoms with E-state index in [9.17, 15) is 0 Å². The Morgan fingerprint density at radius 2 is 1.32 bits per heavy atom. The summed E-state index contributed by atoms with van der Waals surface area (Å²) in [4.78, 5) is 26.3. The van der Waals surface area contributed by atoms with Gasteiger partial charge in [-0.2, -0.15) is 0 Å². The number of hydrogen-bond acceptors (Lipinski definition) is 6. The Hall–Kier alpha value is -4.14. The summed E-state index contributed by atoms with van der Waals surface area (Å²) in [6.07, 6.45) is 5.77. The van der Waals surface area contributed by atoms with E-state index in [1.165, 1.54) is 0 Å². The predicted octanol–water partition coefficient (Wildman–Crippen LogP) is 7.18. The molecule has 3 aromatic heterocycles. The molecule has 0 spiro atoms. The van der Waals surface area contributed by atoms with E-state index in [1.807, 2.05) is 20.0 Å². The third-order valence-corrected chi connectivity index (χ3v) is 9.32. The molecule has 44 heavy (non-hydrogen) atoms. The SMILES string of the molecule is CC.CC(N)[C@H](C)CCc1nc2ccc(-c3ccc4nc(-c5ccc6nc(CCC7C(N)[C@@H]7C)[nH]c6c5)cnc4c3)cc2[nH]1. The van der Waals surface area contributed by atoms with Crippen molar-refractivity contribution >= 4 is 33.1 Å². The van der Waals surface area contributed by atoms with Gasteiger partial charge in [-0.1, -0.05) is 45.9 Å². The van der Waals surface area contributed by atoms with Crippen molar-refractivity contribution in [3.8, 4) is 22.4 Å². The van der Waals surface area contributed by atoms with Gasteiger partial charge in [-0.3, -0.25) is 4.98 Å². The molecule has 0 aliphatic heterocycles. The Balaban J connectivity index is 0.00000168. The maximum atomic E-state index is 6.11. The average molecular weight is 589 g/mol. The van der Waals surface area contributed by atoms with Gasteiger partial charge in [0.25, 0.3) is 0 Å². The summed E-state index contributed by atoms with van der Waals surface area (Å²) in [5.74, 6) is 3.73. The number of aromatic nitrogens is 6. The first-order valence-corrected chi connectivity index (χ1v) is 16.1. The van der Waals surface area contributed by atoms with E-state index in [1.54, 1.807) is 0 Å². The summed E-state index contributed by atoms with van der Waals surface area (Å²) < 4.78 is 0. The van der Waals surface area contributed by atoms with Crippen LogP contribution in [0.15, 0.2) is 60.8 Å². The minimum atomic E-state index is 0.187. The van der Waals surface area contributed by atoms with E-state index in [4.69, 9.17) is 31.4 Å². The van der Waals surface area contributed by atoms with Crippen LogP contribution in [-0.2, 0) is 12.8 Å². The first-order chi connectivity index (χ1) is 21.3. The number of hydrogen-bond donors (Lipinski definition) is 4. The zero-order chi connectivity index (χ0) is 31.0. The lowest BCUT2D eigenvalue weighted by atomic mass is 9.99. The van der Waals surface area contributed by atoms with Gasteiger partial charge in [0.2, 0.25) is 0 Å². The van der Waals surface area contributed by atoms with Crippen molar-refractivity contribution in [1.29, 1.82) is 0 Å². The maximum Gasteiger partial charge on any atom is 0.107 e. The van der Waals surface area contributed by atoms with Crippen LogP contribution in [0.2, 0.25) is 0 Å². The van der Waals surface area contributed by atoms with Gasteiger partial charge in [0.1, 0.15) is 11.6 Å². The van der Waals surface area contributed by atoms with Crippen molar-refractivity contribution < 1.29 is 0 Å². The Bertz CT molecular complexity index is 1760. The Kier molecular flexibility index (Phi) is 8.47. The molecule has 6 N–H and O–H groups in total. The number of fused-ring (bicyclic) bond motifs is 3. The van der Waals surface area contributed by atoms with Gasteiger partial charge in [0.05, 0.1) is 45.0 Å². The Morgan fingerprint density at radius 1 is 0.750 bits per heavy atom. The molecule has 3 aromatic carbocycles. The molecule has 0 amide bonds. The van der Waals surface area contributed by atoms with E-state index < -0.39 is 0 Å². The highest BCUT2D eigenvalue weighted by Crippen LogP contribution is 2.40. The average Bonchev–Trinajstić information content (AvgIpc) is 3.37. The van der Waals surface area contributed by atoms with Gasteiger partial charge in [-0.25, -0.2) is 15.0 Å². The molecule has 1 fully saturated rings. The molecule has 1 saturated carbocycles. The minimum absolute atomic E-state index is 0.187. The van der Waals surface area contributed by atoms with E-state index in [-0.39, 0.29) is 6.04 Å². The van der Waals surface area contributed by atoms with Crippen molar-refractivity contribution in [3.05, 3.63) is 72.4 Å². The van der Waals surface area contributed by atoms with Crippen molar-refractivity contribution in [2.45, 2.75) is 72.4 Å². The van der Waals surface area contributed by atoms with E-state index in [0.717, 1.165) is 92.8 Å². The van der Waals surface area contributed by atoms with Crippen LogP contribution in [0, 0.1) is 17.8 Å². The molecule has 228 valence electrons. The van der Waals surface area contributed by atoms with Crippen LogP contribution in [-0.4, -0.2) is 42.0 Å². The number of nitrogens with zero attached hydrogens (tertiary/aromatic N) is 4. The molecule has 8 nitrogen and oxygen atoms in total. The van der Waals surface area contributed by atoms with Crippen molar-refractivity contribution in [3.63, 3.8) is 0 Å². The van der Waals surface area contributed by atoms with Gasteiger partial charge < -0.3 is 21.4 Å². The van der Waals surface area contributed by atoms with Crippen LogP contribution < -0.4 is 11.5 Å². The van der Waals surface area contributed by atoms with Gasteiger partial charge in [0, 0.05) is 30.5 Å². The summed E-state index contributed by atoms with van der Waals surface area (Å²) in [5, 5.41) is 0. The first-order valence-electron chi connectivity index (χ1n) is 16.1. The normalized spacial score (nSPS) is 19.2. The third-order valence-electron chi connectivity index (χ3n) is 9.32. The minimum Gasteiger partial charge on any atom is -0.342 e. The van der Waals surface area contributed by atoms with E-state index >= 15 is 0 Å². The fourth-order valence-corrected chi connectivity index (χ4v) is 6.00. The summed E-state index contributed by atoms with van der Waals surface area (Å²) in [5.41, 5.74) is 22.0. The lowest BCUT2D eigenvalue weighted by Crippen LogP contribution is -2.24. The molecule has 0 saturated heterocycles. The number of nitrogens with two attached hydrogens (primary N) is 2. The smallest absolute Gasteiger partial charge is 0.107 e. The largest absolute Gasteiger partial charge is 0.342 e. The Labute approximate surface area is 259 Å². The summed E-state index contributed by atoms with van der Waals surface area (Å²) in [7, 11) is 0. The standard InChI is InChI=1S/C34H38N8.C2H6/c1-18(20(3)35)4-12-32-39-26-10-6-22(15-29(26)41-32)21-5-9-25-28(14-21)37-17-31(38-25)23-7-11-27-30(16-23)42-33(40-27)13-8-24-19(2)34(24)36;1-2/h5-7,9-11,14-20,24,34H,4,8,12-13,35-36H2,1-3H3,(H,39,41)(H,40,42);1-2H3/t18-,19-,20?,24?,34?;/m1./s1. The van der Waals surface area contributed by atoms with Crippen LogP contribution in [0.5, 0.6) is 0 Å². The zero-order valence-corrected chi connectivity index (χ0v) is 26.4. The lowest BCUT2D eigenvalue weighted by molar-refractivity contribution is 0.447. The number of nitrogens with one attached hydrogen (secondary N) is 2. The van der Waals surface area contributed by atoms with Gasteiger partial charge in [-0.15, -0.1) is 0 Å². The Morgan fingerprint density at radius 3 is 1.95 bits per heavy atom. The third kappa shape index (κ3) is 6.10. The molecule has 5 atom stereocenters. The topological polar surface area (TPSA) is 135 Å². The highest BCUT2D eigenvalue weighted by molar-refractivity contribution is 5.87. The highest BCUT2D eigenvalue weighted by atomic mass is 14.9. The van der Waals surface area contributed by atoms with E-state index in [2.05, 4.69) is 85.3 Å². The highest BCUT2D eigenvalue weighted by Gasteiger charge is 2.42. The zero-order valence-electron chi connectivity index (χ0n) is 26.4. The summed E-state index contributed by atoms with van der Waals surface area (Å²) in [6.45, 7) is 10.5. The molecule has 0 radical (unpaired) electrons. The molecule has 8 heteroatoms. The summed E-state index contributed by atoms with van der Waals surface area (Å²) >= 11 is 0. The van der Waals surface area contributed by atoms with E-state index in [0.29, 0.717) is 23.8 Å². The van der Waals surface area contributed by atoms with Crippen molar-refractivity contribution in [2.24, 2.45) is 29.2 Å².